The molecule has 37 heavy (non-hydrogen) atoms. The second-order valence-corrected chi connectivity index (χ2v) is 11.2. The topological polar surface area (TPSA) is 111 Å². The monoisotopic (exact) mass is 519 g/mol. The van der Waals surface area contributed by atoms with E-state index in [-0.39, 0.29) is 23.3 Å². The van der Waals surface area contributed by atoms with Crippen molar-refractivity contribution in [3.8, 4) is 0 Å². The first-order valence-electron chi connectivity index (χ1n) is 13.5. The van der Waals surface area contributed by atoms with E-state index in [9.17, 15) is 28.6 Å². The Labute approximate surface area is 216 Å². The van der Waals surface area contributed by atoms with Crippen LogP contribution < -0.4 is 26.8 Å². The Kier molecular flexibility index (Phi) is 8.35. The maximum absolute atomic E-state index is 14.0. The van der Waals surface area contributed by atoms with E-state index in [2.05, 4.69) is 22.9 Å². The molecule has 1 aliphatic carbocycles. The molecule has 0 amide bonds. The number of benzene rings is 1. The highest BCUT2D eigenvalue weighted by atomic mass is 19.1. The fourth-order valence-electron chi connectivity index (χ4n) is 6.53. The van der Waals surface area contributed by atoms with Crippen LogP contribution in [0.4, 0.5) is 20.2 Å². The second kappa shape index (κ2) is 11.2. The summed E-state index contributed by atoms with van der Waals surface area (Å²) in [6, 6.07) is 1.80. The van der Waals surface area contributed by atoms with E-state index in [1.165, 1.54) is 19.2 Å². The van der Waals surface area contributed by atoms with Crippen LogP contribution in [0.15, 0.2) is 27.8 Å². The lowest BCUT2D eigenvalue weighted by molar-refractivity contribution is -0.0828. The lowest BCUT2D eigenvalue weighted by atomic mass is 9.67. The molecule has 204 valence electrons. The number of aliphatic hydroxyl groups is 2. The standard InChI is InChI=1S/C28H39F2N3O4/c1-3-4-10-28(37)15-21(33-27(16-28)8-6-5-7-9-27)24(34)20(13-17-11-18(29)14-19(30)12-17)32-23-22(31-2)25(35)26(23)36/h11-12,14,20-21,24,31-34,37H,3-10,13,15-16H2,1-2H3. The van der Waals surface area contributed by atoms with Gasteiger partial charge in [0.15, 0.2) is 0 Å². The minimum atomic E-state index is -1.12. The van der Waals surface area contributed by atoms with E-state index in [4.69, 9.17) is 0 Å². The molecule has 2 aromatic carbocycles. The molecule has 0 radical (unpaired) electrons. The van der Waals surface area contributed by atoms with Crippen LogP contribution in [0, 0.1) is 11.6 Å². The van der Waals surface area contributed by atoms with E-state index in [0.717, 1.165) is 51.0 Å². The van der Waals surface area contributed by atoms with Crippen molar-refractivity contribution in [3.63, 3.8) is 0 Å². The smallest absolute Gasteiger partial charge is 0.253 e. The first-order valence-corrected chi connectivity index (χ1v) is 13.5. The zero-order valence-electron chi connectivity index (χ0n) is 21.7. The minimum Gasteiger partial charge on any atom is -0.390 e. The van der Waals surface area contributed by atoms with E-state index in [1.807, 2.05) is 0 Å². The van der Waals surface area contributed by atoms with Gasteiger partial charge in [-0.3, -0.25) is 9.59 Å². The average Bonchev–Trinajstić information content (AvgIpc) is 2.85. The number of nitrogens with one attached hydrogen (secondary N) is 3. The highest BCUT2D eigenvalue weighted by Gasteiger charge is 2.49. The number of halogens is 2. The van der Waals surface area contributed by atoms with Gasteiger partial charge in [0, 0.05) is 24.7 Å². The lowest BCUT2D eigenvalue weighted by Gasteiger charge is -2.53. The van der Waals surface area contributed by atoms with Crippen LogP contribution in [-0.4, -0.2) is 46.6 Å². The quantitative estimate of drug-likeness (QED) is 0.306. The molecule has 9 heteroatoms. The Morgan fingerprint density at radius 1 is 1.08 bits per heavy atom. The van der Waals surface area contributed by atoms with Crippen LogP contribution in [0.1, 0.15) is 76.7 Å². The molecular formula is C28H39F2N3O4. The molecule has 2 aromatic rings. The second-order valence-electron chi connectivity index (χ2n) is 11.2. The number of aliphatic hydroxyl groups excluding tert-OH is 1. The predicted molar refractivity (Wildman–Crippen MR) is 141 cm³/mol. The van der Waals surface area contributed by atoms with Crippen LogP contribution in [-0.2, 0) is 6.42 Å². The summed E-state index contributed by atoms with van der Waals surface area (Å²) in [5.41, 5.74) is -2.11. The van der Waals surface area contributed by atoms with Crippen molar-refractivity contribution in [1.82, 2.24) is 5.32 Å². The van der Waals surface area contributed by atoms with Crippen LogP contribution >= 0.6 is 0 Å². The maximum Gasteiger partial charge on any atom is 0.253 e. The van der Waals surface area contributed by atoms with Gasteiger partial charge < -0.3 is 26.2 Å². The Balaban J connectivity index is 1.66. The van der Waals surface area contributed by atoms with Gasteiger partial charge in [-0.2, -0.15) is 0 Å². The number of piperidine rings is 1. The molecular weight excluding hydrogens is 480 g/mol. The Hall–Kier alpha value is -2.36. The SMILES string of the molecule is CCCCC1(O)CC(C(O)C(Cc2cc(F)cc(F)c2)Nc2c(NC)c(=O)c2=O)NC2(CCCCC2)C1. The number of hydrogen-bond acceptors (Lipinski definition) is 7. The summed E-state index contributed by atoms with van der Waals surface area (Å²) in [5.74, 6) is -1.47. The van der Waals surface area contributed by atoms with E-state index >= 15 is 0 Å². The van der Waals surface area contributed by atoms with Crippen molar-refractivity contribution in [2.24, 2.45) is 0 Å². The Bertz CT molecular complexity index is 1140. The fourth-order valence-corrected chi connectivity index (χ4v) is 6.53. The summed E-state index contributed by atoms with van der Waals surface area (Å²) in [4.78, 5) is 24.3. The molecule has 1 saturated heterocycles. The van der Waals surface area contributed by atoms with E-state index in [0.29, 0.717) is 24.8 Å². The van der Waals surface area contributed by atoms with Crippen molar-refractivity contribution < 1.29 is 19.0 Å². The van der Waals surface area contributed by atoms with Gasteiger partial charge >= 0.3 is 0 Å². The molecule has 1 saturated carbocycles. The van der Waals surface area contributed by atoms with E-state index < -0.39 is 46.3 Å². The fraction of sp³-hybridized carbons (Fsp3) is 0.643. The molecule has 4 atom stereocenters. The highest BCUT2D eigenvalue weighted by Crippen LogP contribution is 2.43. The van der Waals surface area contributed by atoms with Crippen LogP contribution in [0.2, 0.25) is 0 Å². The highest BCUT2D eigenvalue weighted by molar-refractivity contribution is 5.74. The van der Waals surface area contributed by atoms with Crippen molar-refractivity contribution in [2.75, 3.05) is 17.7 Å². The van der Waals surface area contributed by atoms with Crippen molar-refractivity contribution in [2.45, 2.75) is 107 Å². The van der Waals surface area contributed by atoms with Gasteiger partial charge in [0.25, 0.3) is 10.9 Å². The summed E-state index contributed by atoms with van der Waals surface area (Å²) in [6.45, 7) is 2.08. The van der Waals surface area contributed by atoms with Gasteiger partial charge in [0.1, 0.15) is 23.0 Å². The predicted octanol–water partition coefficient (Wildman–Crippen LogP) is 3.36. The molecule has 0 aromatic heterocycles. The molecule has 2 fully saturated rings. The van der Waals surface area contributed by atoms with Gasteiger partial charge in [0.2, 0.25) is 0 Å². The summed E-state index contributed by atoms with van der Waals surface area (Å²) in [7, 11) is 1.53. The molecule has 0 bridgehead atoms. The molecule has 1 aliphatic heterocycles. The van der Waals surface area contributed by atoms with Crippen LogP contribution in [0.25, 0.3) is 0 Å². The van der Waals surface area contributed by atoms with Gasteiger partial charge in [0.05, 0.1) is 17.7 Å². The van der Waals surface area contributed by atoms with Crippen molar-refractivity contribution in [3.05, 3.63) is 55.8 Å². The molecule has 5 N–H and O–H groups in total. The normalized spacial score (nSPS) is 25.2. The largest absolute Gasteiger partial charge is 0.390 e. The number of unbranched alkanes of at least 4 members (excludes halogenated alkanes) is 1. The third kappa shape index (κ3) is 6.04. The summed E-state index contributed by atoms with van der Waals surface area (Å²) < 4.78 is 28.0. The first-order chi connectivity index (χ1) is 17.6. The lowest BCUT2D eigenvalue weighted by Crippen LogP contribution is -2.67. The van der Waals surface area contributed by atoms with E-state index in [1.54, 1.807) is 0 Å². The molecule has 2 aliphatic rings. The number of anilines is 2. The Morgan fingerprint density at radius 3 is 2.35 bits per heavy atom. The summed E-state index contributed by atoms with van der Waals surface area (Å²) in [5, 5.41) is 32.8. The molecule has 1 spiro atoms. The third-order valence-corrected chi connectivity index (χ3v) is 8.26. The van der Waals surface area contributed by atoms with Crippen molar-refractivity contribution >= 4 is 11.4 Å². The van der Waals surface area contributed by atoms with Crippen LogP contribution in [0.3, 0.4) is 0 Å². The zero-order valence-corrected chi connectivity index (χ0v) is 21.7. The van der Waals surface area contributed by atoms with Gasteiger partial charge in [-0.25, -0.2) is 8.78 Å². The molecule has 7 nitrogen and oxygen atoms in total. The van der Waals surface area contributed by atoms with Crippen LogP contribution in [0.5, 0.6) is 0 Å². The summed E-state index contributed by atoms with van der Waals surface area (Å²) >= 11 is 0. The van der Waals surface area contributed by atoms with Gasteiger partial charge in [-0.1, -0.05) is 39.0 Å². The maximum atomic E-state index is 14.0. The first kappa shape index (κ1) is 27.7. The van der Waals surface area contributed by atoms with Gasteiger partial charge in [-0.15, -0.1) is 0 Å². The third-order valence-electron chi connectivity index (χ3n) is 8.26. The molecule has 4 rings (SSSR count). The number of rotatable bonds is 10. The molecule has 4 unspecified atom stereocenters. The summed E-state index contributed by atoms with van der Waals surface area (Å²) in [6.07, 6.45) is 7.30. The zero-order chi connectivity index (χ0) is 26.8. The Morgan fingerprint density at radius 2 is 1.73 bits per heavy atom. The minimum absolute atomic E-state index is 0.0103. The van der Waals surface area contributed by atoms with Crippen molar-refractivity contribution in [1.29, 1.82) is 0 Å². The average molecular weight is 520 g/mol. The van der Waals surface area contributed by atoms with Gasteiger partial charge in [-0.05, 0) is 56.2 Å². The molecule has 1 heterocycles. The number of hydrogen-bond donors (Lipinski definition) is 5.